The summed E-state index contributed by atoms with van der Waals surface area (Å²) in [4.78, 5) is 15.2. The third-order valence-corrected chi connectivity index (χ3v) is 3.06. The lowest BCUT2D eigenvalue weighted by molar-refractivity contribution is -0.136. The van der Waals surface area contributed by atoms with E-state index in [4.69, 9.17) is 9.47 Å². The van der Waals surface area contributed by atoms with Crippen LogP contribution in [0, 0.1) is 0 Å². The summed E-state index contributed by atoms with van der Waals surface area (Å²) in [6.07, 6.45) is 1.62. The van der Waals surface area contributed by atoms with E-state index >= 15 is 0 Å². The average molecular weight is 331 g/mol. The van der Waals surface area contributed by atoms with E-state index in [-0.39, 0.29) is 18.0 Å². The van der Waals surface area contributed by atoms with Crippen LogP contribution in [0.1, 0.15) is 18.3 Å². The maximum Gasteiger partial charge on any atom is 0.343 e. The highest BCUT2D eigenvalue weighted by Crippen LogP contribution is 2.14. The van der Waals surface area contributed by atoms with Crippen LogP contribution in [0.2, 0.25) is 0 Å². The van der Waals surface area contributed by atoms with Crippen molar-refractivity contribution >= 4 is 11.5 Å². The molecule has 0 N–H and O–H groups in total. The van der Waals surface area contributed by atoms with Crippen LogP contribution >= 0.6 is 0 Å². The minimum Gasteiger partial charge on any atom is -0.497 e. The number of tetrazole rings is 1. The lowest BCUT2D eigenvalue weighted by atomic mass is 10.2. The number of rotatable bonds is 7. The molecule has 0 spiro atoms. The molecule has 1 aromatic carbocycles. The Hall–Kier alpha value is -2.90. The van der Waals surface area contributed by atoms with E-state index < -0.39 is 5.97 Å². The molecule has 0 bridgehead atoms. The Morgan fingerprint density at radius 3 is 2.58 bits per heavy atom. The van der Waals surface area contributed by atoms with Gasteiger partial charge in [0.1, 0.15) is 11.3 Å². The van der Waals surface area contributed by atoms with Crippen molar-refractivity contribution in [1.82, 2.24) is 25.1 Å². The summed E-state index contributed by atoms with van der Waals surface area (Å²) in [6, 6.07) is 7.57. The Kier molecular flexibility index (Phi) is 5.89. The van der Waals surface area contributed by atoms with Crippen molar-refractivity contribution in [3.8, 4) is 5.75 Å². The van der Waals surface area contributed by atoms with E-state index in [0.29, 0.717) is 6.54 Å². The number of benzene rings is 1. The molecular formula is C16H21N5O3. The molecule has 1 heterocycles. The summed E-state index contributed by atoms with van der Waals surface area (Å²) in [5.41, 5.74) is 1.26. The van der Waals surface area contributed by atoms with Gasteiger partial charge < -0.3 is 14.4 Å². The number of methoxy groups -OCH3 is 1. The highest BCUT2D eigenvalue weighted by Gasteiger charge is 2.19. The van der Waals surface area contributed by atoms with Gasteiger partial charge in [0, 0.05) is 20.3 Å². The smallest absolute Gasteiger partial charge is 0.343 e. The normalized spacial score (nSPS) is 11.2. The second kappa shape index (κ2) is 8.09. The molecule has 0 fully saturated rings. The molecule has 0 saturated carbocycles. The first-order chi connectivity index (χ1) is 11.5. The van der Waals surface area contributed by atoms with Gasteiger partial charge in [-0.3, -0.25) is 0 Å². The van der Waals surface area contributed by atoms with Crippen LogP contribution in [0.5, 0.6) is 5.75 Å². The Labute approximate surface area is 140 Å². The van der Waals surface area contributed by atoms with Gasteiger partial charge in [-0.2, -0.15) is 4.80 Å². The second-order valence-corrected chi connectivity index (χ2v) is 5.22. The van der Waals surface area contributed by atoms with Crippen LogP contribution in [0.15, 0.2) is 30.5 Å². The van der Waals surface area contributed by atoms with Gasteiger partial charge in [0.15, 0.2) is 0 Å². The fraction of sp³-hybridized carbons (Fsp3) is 0.375. The lowest BCUT2D eigenvalue weighted by Gasteiger charge is -2.08. The molecule has 2 aromatic rings. The number of nitrogens with zero attached hydrogens (tertiary/aromatic N) is 5. The average Bonchev–Trinajstić information content (AvgIpc) is 3.01. The Bertz CT molecular complexity index is 707. The van der Waals surface area contributed by atoms with Crippen LogP contribution in [0.4, 0.5) is 0 Å². The molecule has 0 saturated heterocycles. The summed E-state index contributed by atoms with van der Waals surface area (Å²) in [5, 5.41) is 12.2. The predicted molar refractivity (Wildman–Crippen MR) is 88.2 cm³/mol. The lowest BCUT2D eigenvalue weighted by Crippen LogP contribution is -2.13. The van der Waals surface area contributed by atoms with Crippen molar-refractivity contribution < 1.29 is 14.3 Å². The third-order valence-electron chi connectivity index (χ3n) is 3.06. The summed E-state index contributed by atoms with van der Waals surface area (Å²) in [5.74, 6) is 0.537. The van der Waals surface area contributed by atoms with Gasteiger partial charge in [0.2, 0.25) is 5.82 Å². The van der Waals surface area contributed by atoms with Gasteiger partial charge in [-0.05, 0) is 29.8 Å². The Balaban J connectivity index is 2.18. The maximum absolute atomic E-state index is 12.1. The largest absolute Gasteiger partial charge is 0.497 e. The van der Waals surface area contributed by atoms with Crippen LogP contribution in [-0.4, -0.2) is 58.9 Å². The molecule has 128 valence electrons. The predicted octanol–water partition coefficient (Wildman–Crippen LogP) is 1.20. The van der Waals surface area contributed by atoms with Crippen LogP contribution in [-0.2, 0) is 16.1 Å². The van der Waals surface area contributed by atoms with E-state index in [1.54, 1.807) is 39.2 Å². The molecule has 8 nitrogen and oxygen atoms in total. The van der Waals surface area contributed by atoms with Gasteiger partial charge in [-0.25, -0.2) is 4.79 Å². The van der Waals surface area contributed by atoms with Gasteiger partial charge >= 0.3 is 5.97 Å². The van der Waals surface area contributed by atoms with Gasteiger partial charge in [-0.1, -0.05) is 12.1 Å². The molecule has 8 heteroatoms. The quantitative estimate of drug-likeness (QED) is 0.557. The fourth-order valence-electron chi connectivity index (χ4n) is 1.98. The number of aromatic nitrogens is 4. The zero-order valence-electron chi connectivity index (χ0n) is 14.3. The minimum absolute atomic E-state index is 0.232. The molecule has 0 aliphatic heterocycles. The summed E-state index contributed by atoms with van der Waals surface area (Å²) in [6.45, 7) is 2.47. The number of hydrogen-bond acceptors (Lipinski definition) is 7. The molecule has 0 aliphatic rings. The standard InChI is InChI=1S/C16H21N5O3/c1-5-24-16(22)14(11-20(2)3)15-17-19-21(18-15)10-12-6-8-13(23-4)9-7-12/h6-9,11H,5,10H2,1-4H3/b14-11-. The number of ether oxygens (including phenoxy) is 2. The van der Waals surface area contributed by atoms with E-state index in [0.717, 1.165) is 11.3 Å². The highest BCUT2D eigenvalue weighted by atomic mass is 16.5. The second-order valence-electron chi connectivity index (χ2n) is 5.22. The van der Waals surface area contributed by atoms with Crippen LogP contribution < -0.4 is 4.74 Å². The monoisotopic (exact) mass is 331 g/mol. The van der Waals surface area contributed by atoms with E-state index in [1.807, 2.05) is 24.3 Å². The molecule has 2 rings (SSSR count). The SMILES string of the molecule is CCOC(=O)/C(=C\N(C)C)c1nnn(Cc2ccc(OC)cc2)n1. The molecule has 0 unspecified atom stereocenters. The van der Waals surface area contributed by atoms with Crippen molar-refractivity contribution in [2.75, 3.05) is 27.8 Å². The number of esters is 1. The first-order valence-electron chi connectivity index (χ1n) is 7.50. The maximum atomic E-state index is 12.1. The van der Waals surface area contributed by atoms with Gasteiger partial charge in [-0.15, -0.1) is 10.2 Å². The first-order valence-corrected chi connectivity index (χ1v) is 7.50. The number of carbonyl (C=O) groups is 1. The molecule has 0 atom stereocenters. The summed E-state index contributed by atoms with van der Waals surface area (Å²) < 4.78 is 10.2. The fourth-order valence-corrected chi connectivity index (χ4v) is 1.98. The summed E-state index contributed by atoms with van der Waals surface area (Å²) in [7, 11) is 5.23. The van der Waals surface area contributed by atoms with Crippen LogP contribution in [0.25, 0.3) is 5.57 Å². The minimum atomic E-state index is -0.477. The van der Waals surface area contributed by atoms with E-state index in [9.17, 15) is 4.79 Å². The topological polar surface area (TPSA) is 82.4 Å². The number of hydrogen-bond donors (Lipinski definition) is 0. The van der Waals surface area contributed by atoms with E-state index in [1.165, 1.54) is 4.80 Å². The molecule has 0 amide bonds. The molecule has 0 aliphatic carbocycles. The zero-order chi connectivity index (χ0) is 17.5. The van der Waals surface area contributed by atoms with Crippen molar-refractivity contribution in [1.29, 1.82) is 0 Å². The van der Waals surface area contributed by atoms with Gasteiger partial charge in [0.05, 0.1) is 20.3 Å². The van der Waals surface area contributed by atoms with Crippen molar-refractivity contribution in [3.63, 3.8) is 0 Å². The molecule has 1 aromatic heterocycles. The van der Waals surface area contributed by atoms with Crippen molar-refractivity contribution in [3.05, 3.63) is 41.9 Å². The van der Waals surface area contributed by atoms with Crippen molar-refractivity contribution in [2.45, 2.75) is 13.5 Å². The number of carbonyl (C=O) groups excluding carboxylic acids is 1. The Morgan fingerprint density at radius 1 is 1.29 bits per heavy atom. The molecule has 24 heavy (non-hydrogen) atoms. The molecule has 0 radical (unpaired) electrons. The first kappa shape index (κ1) is 17.5. The van der Waals surface area contributed by atoms with E-state index in [2.05, 4.69) is 15.4 Å². The third kappa shape index (κ3) is 4.55. The van der Waals surface area contributed by atoms with Crippen molar-refractivity contribution in [2.24, 2.45) is 0 Å². The van der Waals surface area contributed by atoms with Gasteiger partial charge in [0.25, 0.3) is 0 Å². The Morgan fingerprint density at radius 2 is 2.00 bits per heavy atom. The zero-order valence-corrected chi connectivity index (χ0v) is 14.3. The van der Waals surface area contributed by atoms with Crippen LogP contribution in [0.3, 0.4) is 0 Å². The highest BCUT2D eigenvalue weighted by molar-refractivity contribution is 6.15. The molecular weight excluding hydrogens is 310 g/mol. The summed E-state index contributed by atoms with van der Waals surface area (Å²) >= 11 is 0.